The molecule has 94 valence electrons. The maximum Gasteiger partial charge on any atom is 0.196 e. The summed E-state index contributed by atoms with van der Waals surface area (Å²) in [5, 5.41) is 2.98. The monoisotopic (exact) mass is 301 g/mol. The van der Waals surface area contributed by atoms with Gasteiger partial charge >= 0.3 is 0 Å². The van der Waals surface area contributed by atoms with Gasteiger partial charge in [0.15, 0.2) is 5.78 Å². The van der Waals surface area contributed by atoms with E-state index in [9.17, 15) is 4.79 Å². The maximum absolute atomic E-state index is 11.4. The van der Waals surface area contributed by atoms with Gasteiger partial charge in [-0.25, -0.2) is 4.98 Å². The SMILES string of the molecule is COc1cc(Cl)ccc1-c1nc(C(=O)CCl)cs1. The van der Waals surface area contributed by atoms with Gasteiger partial charge in [0.1, 0.15) is 16.5 Å². The smallest absolute Gasteiger partial charge is 0.196 e. The van der Waals surface area contributed by atoms with Crippen molar-refractivity contribution in [2.24, 2.45) is 0 Å². The number of hydrogen-bond donors (Lipinski definition) is 0. The number of methoxy groups -OCH3 is 1. The summed E-state index contributed by atoms with van der Waals surface area (Å²) in [5.41, 5.74) is 1.18. The molecule has 2 rings (SSSR count). The number of benzene rings is 1. The molecule has 1 aromatic carbocycles. The quantitative estimate of drug-likeness (QED) is 0.635. The van der Waals surface area contributed by atoms with Crippen molar-refractivity contribution >= 4 is 40.3 Å². The molecule has 0 saturated carbocycles. The number of rotatable bonds is 4. The van der Waals surface area contributed by atoms with Crippen molar-refractivity contribution in [1.82, 2.24) is 4.98 Å². The molecule has 0 radical (unpaired) electrons. The molecule has 0 spiro atoms. The van der Waals surface area contributed by atoms with Gasteiger partial charge in [-0.05, 0) is 18.2 Å². The van der Waals surface area contributed by atoms with Gasteiger partial charge in [-0.2, -0.15) is 0 Å². The molecule has 6 heteroatoms. The third kappa shape index (κ3) is 2.66. The molecule has 0 atom stereocenters. The number of Topliss-reactive ketones (excluding diaryl/α,β-unsaturated/α-hetero) is 1. The summed E-state index contributed by atoms with van der Waals surface area (Å²) in [4.78, 5) is 15.7. The summed E-state index contributed by atoms with van der Waals surface area (Å²) >= 11 is 12.8. The van der Waals surface area contributed by atoms with E-state index in [4.69, 9.17) is 27.9 Å². The van der Waals surface area contributed by atoms with E-state index in [1.807, 2.05) is 6.07 Å². The molecule has 0 aliphatic carbocycles. The summed E-state index contributed by atoms with van der Waals surface area (Å²) in [6.07, 6.45) is 0. The molecule has 0 N–H and O–H groups in total. The fourth-order valence-corrected chi connectivity index (χ4v) is 2.59. The first-order valence-electron chi connectivity index (χ1n) is 5.04. The average molecular weight is 302 g/mol. The number of thiazole rings is 1. The highest BCUT2D eigenvalue weighted by Gasteiger charge is 2.14. The molecular formula is C12H9Cl2NO2S. The number of alkyl halides is 1. The Morgan fingerprint density at radius 1 is 1.50 bits per heavy atom. The van der Waals surface area contributed by atoms with E-state index in [2.05, 4.69) is 4.98 Å². The number of carbonyl (C=O) groups is 1. The highest BCUT2D eigenvalue weighted by Crippen LogP contribution is 2.34. The molecule has 18 heavy (non-hydrogen) atoms. The Balaban J connectivity index is 2.42. The number of halogens is 2. The lowest BCUT2D eigenvalue weighted by atomic mass is 10.2. The van der Waals surface area contributed by atoms with Crippen LogP contribution in [-0.2, 0) is 0 Å². The Labute approximate surface area is 118 Å². The van der Waals surface area contributed by atoms with Crippen LogP contribution in [0.5, 0.6) is 5.75 Å². The van der Waals surface area contributed by atoms with Crippen molar-refractivity contribution in [3.8, 4) is 16.3 Å². The van der Waals surface area contributed by atoms with Crippen LogP contribution < -0.4 is 4.74 Å². The standard InChI is InChI=1S/C12H9Cl2NO2S/c1-17-11-4-7(14)2-3-8(11)12-15-9(6-18-12)10(16)5-13/h2-4,6H,5H2,1H3. The maximum atomic E-state index is 11.4. The molecule has 0 amide bonds. The van der Waals surface area contributed by atoms with E-state index in [0.717, 1.165) is 5.56 Å². The van der Waals surface area contributed by atoms with Gasteiger partial charge in [-0.1, -0.05) is 11.6 Å². The fraction of sp³-hybridized carbons (Fsp3) is 0.167. The van der Waals surface area contributed by atoms with Crippen molar-refractivity contribution in [2.45, 2.75) is 0 Å². The van der Waals surface area contributed by atoms with E-state index >= 15 is 0 Å². The zero-order chi connectivity index (χ0) is 13.1. The van der Waals surface area contributed by atoms with Crippen LogP contribution in [0.25, 0.3) is 10.6 Å². The summed E-state index contributed by atoms with van der Waals surface area (Å²) in [7, 11) is 1.56. The van der Waals surface area contributed by atoms with Crippen LogP contribution in [0, 0.1) is 0 Å². The van der Waals surface area contributed by atoms with Crippen molar-refractivity contribution in [3.05, 3.63) is 34.3 Å². The van der Waals surface area contributed by atoms with Gasteiger partial charge in [0, 0.05) is 10.4 Å². The summed E-state index contributed by atoms with van der Waals surface area (Å²) in [5.74, 6) is 0.370. The Hall–Kier alpha value is -1.10. The first-order chi connectivity index (χ1) is 8.65. The van der Waals surface area contributed by atoms with Gasteiger partial charge in [0.2, 0.25) is 0 Å². The largest absolute Gasteiger partial charge is 0.496 e. The highest BCUT2D eigenvalue weighted by atomic mass is 35.5. The first-order valence-corrected chi connectivity index (χ1v) is 6.83. The lowest BCUT2D eigenvalue weighted by Crippen LogP contribution is -2.00. The van der Waals surface area contributed by atoms with Crippen molar-refractivity contribution in [1.29, 1.82) is 0 Å². The molecule has 0 bridgehead atoms. The number of ketones is 1. The lowest BCUT2D eigenvalue weighted by molar-refractivity contribution is 0.101. The summed E-state index contributed by atoms with van der Waals surface area (Å²) < 4.78 is 5.25. The van der Waals surface area contributed by atoms with Crippen LogP contribution in [-0.4, -0.2) is 23.8 Å². The molecule has 0 aliphatic rings. The Morgan fingerprint density at radius 2 is 2.28 bits per heavy atom. The molecule has 1 heterocycles. The third-order valence-electron chi connectivity index (χ3n) is 2.31. The van der Waals surface area contributed by atoms with E-state index in [1.165, 1.54) is 11.3 Å². The first kappa shape index (κ1) is 13.3. The molecule has 0 aliphatic heterocycles. The van der Waals surface area contributed by atoms with Crippen molar-refractivity contribution in [3.63, 3.8) is 0 Å². The lowest BCUT2D eigenvalue weighted by Gasteiger charge is -2.05. The van der Waals surface area contributed by atoms with E-state index in [-0.39, 0.29) is 11.7 Å². The predicted octanol–water partition coefficient (Wildman–Crippen LogP) is 3.89. The predicted molar refractivity (Wildman–Crippen MR) is 74.2 cm³/mol. The van der Waals surface area contributed by atoms with Crippen LogP contribution in [0.3, 0.4) is 0 Å². The zero-order valence-corrected chi connectivity index (χ0v) is 11.8. The molecule has 0 unspecified atom stereocenters. The van der Waals surface area contributed by atoms with Crippen LogP contribution >= 0.6 is 34.5 Å². The average Bonchev–Trinajstić information content (AvgIpc) is 2.87. The molecule has 0 saturated heterocycles. The van der Waals surface area contributed by atoms with Gasteiger partial charge in [0.25, 0.3) is 0 Å². The molecular weight excluding hydrogens is 293 g/mol. The fourth-order valence-electron chi connectivity index (χ4n) is 1.44. The molecule has 2 aromatic rings. The van der Waals surface area contributed by atoms with Gasteiger partial charge in [-0.15, -0.1) is 22.9 Å². The van der Waals surface area contributed by atoms with Gasteiger partial charge in [0.05, 0.1) is 18.6 Å². The number of ether oxygens (including phenoxy) is 1. The van der Waals surface area contributed by atoms with Gasteiger partial charge < -0.3 is 4.74 Å². The normalized spacial score (nSPS) is 10.4. The van der Waals surface area contributed by atoms with Crippen molar-refractivity contribution in [2.75, 3.05) is 13.0 Å². The number of nitrogens with zero attached hydrogens (tertiary/aromatic N) is 1. The zero-order valence-electron chi connectivity index (χ0n) is 9.44. The second-order valence-corrected chi connectivity index (χ2v) is 5.00. The minimum atomic E-state index is -0.188. The Bertz CT molecular complexity index is 583. The second kappa shape index (κ2) is 5.69. The van der Waals surface area contributed by atoms with Crippen LogP contribution in [0.15, 0.2) is 23.6 Å². The molecule has 0 fully saturated rings. The van der Waals surface area contributed by atoms with Crippen LogP contribution in [0.4, 0.5) is 0 Å². The highest BCUT2D eigenvalue weighted by molar-refractivity contribution is 7.13. The Kier molecular flexibility index (Phi) is 4.22. The minimum Gasteiger partial charge on any atom is -0.496 e. The van der Waals surface area contributed by atoms with E-state index in [1.54, 1.807) is 24.6 Å². The van der Waals surface area contributed by atoms with Crippen molar-refractivity contribution < 1.29 is 9.53 Å². The van der Waals surface area contributed by atoms with Crippen LogP contribution in [0.2, 0.25) is 5.02 Å². The third-order valence-corrected chi connectivity index (χ3v) is 3.66. The summed E-state index contributed by atoms with van der Waals surface area (Å²) in [6, 6.07) is 5.28. The minimum absolute atomic E-state index is 0.0685. The Morgan fingerprint density at radius 3 is 2.94 bits per heavy atom. The topological polar surface area (TPSA) is 39.2 Å². The number of aromatic nitrogens is 1. The van der Waals surface area contributed by atoms with E-state index < -0.39 is 0 Å². The van der Waals surface area contributed by atoms with E-state index in [0.29, 0.717) is 21.5 Å². The number of hydrogen-bond acceptors (Lipinski definition) is 4. The van der Waals surface area contributed by atoms with Crippen LogP contribution in [0.1, 0.15) is 10.5 Å². The summed E-state index contributed by atoms with van der Waals surface area (Å²) in [6.45, 7) is 0. The molecule has 3 nitrogen and oxygen atoms in total. The second-order valence-electron chi connectivity index (χ2n) is 3.44. The van der Waals surface area contributed by atoms with Gasteiger partial charge in [-0.3, -0.25) is 4.79 Å². The molecule has 1 aromatic heterocycles. The number of carbonyl (C=O) groups excluding carboxylic acids is 1.